The van der Waals surface area contributed by atoms with E-state index in [1.165, 1.54) is 0 Å². The molecule has 0 spiro atoms. The number of esters is 1. The molecule has 0 rings (SSSR count). The molecule has 0 saturated heterocycles. The van der Waals surface area contributed by atoms with Crippen LogP contribution in [0.4, 0.5) is 0 Å². The molecule has 18 heavy (non-hydrogen) atoms. The normalized spacial score (nSPS) is 15.8. The van der Waals surface area contributed by atoms with Crippen molar-refractivity contribution in [3.8, 4) is 0 Å². The fraction of sp³-hybridized carbons (Fsp3) is 0.786. The van der Waals surface area contributed by atoms with Crippen molar-refractivity contribution in [2.24, 2.45) is 5.41 Å². The van der Waals surface area contributed by atoms with E-state index in [9.17, 15) is 4.79 Å². The number of carbonyl (C=O) groups excluding carboxylic acids is 1. The van der Waals surface area contributed by atoms with Gasteiger partial charge in [-0.1, -0.05) is 19.6 Å². The second-order valence-electron chi connectivity index (χ2n) is 4.45. The Balaban J connectivity index is 4.13. The first-order chi connectivity index (χ1) is 8.50. The minimum Gasteiger partial charge on any atom is -0.461 e. The van der Waals surface area contributed by atoms with Crippen LogP contribution in [-0.4, -0.2) is 32.1 Å². The third-order valence-electron chi connectivity index (χ3n) is 3.01. The lowest BCUT2D eigenvalue weighted by Gasteiger charge is -2.26. The largest absolute Gasteiger partial charge is 0.461 e. The number of ether oxygens (including phenoxy) is 3. The molecule has 4 heteroatoms. The highest BCUT2D eigenvalue weighted by atomic mass is 16.7. The van der Waals surface area contributed by atoms with Crippen molar-refractivity contribution < 1.29 is 19.0 Å². The second kappa shape index (κ2) is 9.11. The second-order valence-corrected chi connectivity index (χ2v) is 4.45. The van der Waals surface area contributed by atoms with Gasteiger partial charge in [-0.2, -0.15) is 0 Å². The molecule has 0 aromatic carbocycles. The molecule has 0 aliphatic carbocycles. The van der Waals surface area contributed by atoms with Crippen LogP contribution in [0.25, 0.3) is 0 Å². The van der Waals surface area contributed by atoms with Gasteiger partial charge in [-0.05, 0) is 33.6 Å². The van der Waals surface area contributed by atoms with Gasteiger partial charge in [0.1, 0.15) is 6.61 Å². The van der Waals surface area contributed by atoms with Gasteiger partial charge in [0.2, 0.25) is 0 Å². The van der Waals surface area contributed by atoms with Crippen LogP contribution in [0, 0.1) is 5.41 Å². The molecule has 0 radical (unpaired) electrons. The molecule has 0 bridgehead atoms. The summed E-state index contributed by atoms with van der Waals surface area (Å²) in [5, 5.41) is 0. The highest BCUT2D eigenvalue weighted by molar-refractivity contribution is 5.76. The fourth-order valence-electron chi connectivity index (χ4n) is 1.46. The standard InChI is InChI=1S/C14H26O4/c1-6-10-18-13(15)14(5,7-2)9-11-17-12(4)16-8-3/h6,12H,1,7-11H2,2-5H3. The van der Waals surface area contributed by atoms with E-state index in [0.717, 1.165) is 6.42 Å². The van der Waals surface area contributed by atoms with Gasteiger partial charge in [-0.25, -0.2) is 0 Å². The van der Waals surface area contributed by atoms with Gasteiger partial charge in [0.25, 0.3) is 0 Å². The smallest absolute Gasteiger partial charge is 0.312 e. The molecule has 0 aliphatic rings. The van der Waals surface area contributed by atoms with Crippen LogP contribution in [0.5, 0.6) is 0 Å². The van der Waals surface area contributed by atoms with E-state index in [1.807, 2.05) is 27.7 Å². The predicted octanol–water partition coefficient (Wildman–Crippen LogP) is 2.92. The van der Waals surface area contributed by atoms with Gasteiger partial charge < -0.3 is 14.2 Å². The van der Waals surface area contributed by atoms with Gasteiger partial charge in [-0.15, -0.1) is 0 Å². The monoisotopic (exact) mass is 258 g/mol. The van der Waals surface area contributed by atoms with Crippen molar-refractivity contribution in [1.82, 2.24) is 0 Å². The van der Waals surface area contributed by atoms with Gasteiger partial charge in [0.05, 0.1) is 12.0 Å². The zero-order chi connectivity index (χ0) is 14.0. The number of rotatable bonds is 10. The van der Waals surface area contributed by atoms with E-state index in [4.69, 9.17) is 14.2 Å². The molecule has 4 nitrogen and oxygen atoms in total. The molecule has 0 aromatic heterocycles. The predicted molar refractivity (Wildman–Crippen MR) is 71.2 cm³/mol. The number of hydrogen-bond acceptors (Lipinski definition) is 4. The average Bonchev–Trinajstić information content (AvgIpc) is 2.35. The summed E-state index contributed by atoms with van der Waals surface area (Å²) >= 11 is 0. The Morgan fingerprint density at radius 3 is 2.56 bits per heavy atom. The third kappa shape index (κ3) is 6.17. The molecule has 0 saturated carbocycles. The zero-order valence-corrected chi connectivity index (χ0v) is 12.0. The summed E-state index contributed by atoms with van der Waals surface area (Å²) in [5.41, 5.74) is -0.505. The van der Waals surface area contributed by atoms with Crippen molar-refractivity contribution in [1.29, 1.82) is 0 Å². The first kappa shape index (κ1) is 17.1. The van der Waals surface area contributed by atoms with Gasteiger partial charge in [-0.3, -0.25) is 4.79 Å². The molecular weight excluding hydrogens is 232 g/mol. The van der Waals surface area contributed by atoms with E-state index in [2.05, 4.69) is 6.58 Å². The van der Waals surface area contributed by atoms with Crippen molar-refractivity contribution in [2.75, 3.05) is 19.8 Å². The molecule has 0 heterocycles. The van der Waals surface area contributed by atoms with Crippen LogP contribution in [0.3, 0.4) is 0 Å². The molecule has 0 N–H and O–H groups in total. The van der Waals surface area contributed by atoms with Crippen LogP contribution in [-0.2, 0) is 19.0 Å². The molecule has 0 fully saturated rings. The lowest BCUT2D eigenvalue weighted by molar-refractivity contribution is -0.159. The van der Waals surface area contributed by atoms with Crippen molar-refractivity contribution in [2.45, 2.75) is 46.8 Å². The highest BCUT2D eigenvalue weighted by Gasteiger charge is 2.32. The molecular formula is C14H26O4. The third-order valence-corrected chi connectivity index (χ3v) is 3.01. The number of hydrogen-bond donors (Lipinski definition) is 0. The van der Waals surface area contributed by atoms with Crippen LogP contribution in [0.1, 0.15) is 40.5 Å². The Bertz CT molecular complexity index is 252. The quantitative estimate of drug-likeness (QED) is 0.343. The van der Waals surface area contributed by atoms with Crippen LogP contribution >= 0.6 is 0 Å². The maximum atomic E-state index is 11.9. The fourth-order valence-corrected chi connectivity index (χ4v) is 1.46. The van der Waals surface area contributed by atoms with Crippen molar-refractivity contribution >= 4 is 5.97 Å². The van der Waals surface area contributed by atoms with E-state index >= 15 is 0 Å². The van der Waals surface area contributed by atoms with Crippen LogP contribution in [0.15, 0.2) is 12.7 Å². The first-order valence-corrected chi connectivity index (χ1v) is 6.51. The molecule has 106 valence electrons. The summed E-state index contributed by atoms with van der Waals surface area (Å²) in [6.45, 7) is 12.5. The summed E-state index contributed by atoms with van der Waals surface area (Å²) in [5.74, 6) is -0.197. The van der Waals surface area contributed by atoms with Crippen LogP contribution < -0.4 is 0 Å². The Morgan fingerprint density at radius 2 is 2.06 bits per heavy atom. The van der Waals surface area contributed by atoms with Gasteiger partial charge in [0.15, 0.2) is 6.29 Å². The topological polar surface area (TPSA) is 44.8 Å². The molecule has 2 unspecified atom stereocenters. The first-order valence-electron chi connectivity index (χ1n) is 6.51. The van der Waals surface area contributed by atoms with E-state index in [0.29, 0.717) is 19.6 Å². The summed E-state index contributed by atoms with van der Waals surface area (Å²) < 4.78 is 15.9. The average molecular weight is 258 g/mol. The molecule has 0 aromatic rings. The summed E-state index contributed by atoms with van der Waals surface area (Å²) in [6.07, 6.45) is 2.67. The Kier molecular flexibility index (Phi) is 8.67. The Hall–Kier alpha value is -0.870. The Labute approximate surface area is 110 Å². The summed E-state index contributed by atoms with van der Waals surface area (Å²) in [6, 6.07) is 0. The van der Waals surface area contributed by atoms with E-state index < -0.39 is 5.41 Å². The minimum absolute atomic E-state index is 0.197. The maximum absolute atomic E-state index is 11.9. The van der Waals surface area contributed by atoms with Gasteiger partial charge >= 0.3 is 5.97 Å². The zero-order valence-electron chi connectivity index (χ0n) is 12.0. The molecule has 0 aliphatic heterocycles. The molecule has 2 atom stereocenters. The maximum Gasteiger partial charge on any atom is 0.312 e. The lowest BCUT2D eigenvalue weighted by atomic mass is 9.84. The lowest BCUT2D eigenvalue weighted by Crippen LogP contribution is -2.31. The van der Waals surface area contributed by atoms with Crippen molar-refractivity contribution in [3.63, 3.8) is 0 Å². The summed E-state index contributed by atoms with van der Waals surface area (Å²) in [4.78, 5) is 11.9. The number of carbonyl (C=O) groups is 1. The minimum atomic E-state index is -0.505. The SMILES string of the molecule is C=CCOC(=O)C(C)(CC)CCOC(C)OCC. The Morgan fingerprint density at radius 1 is 1.39 bits per heavy atom. The van der Waals surface area contributed by atoms with Crippen LogP contribution in [0.2, 0.25) is 0 Å². The highest BCUT2D eigenvalue weighted by Crippen LogP contribution is 2.27. The summed E-state index contributed by atoms with van der Waals surface area (Å²) in [7, 11) is 0. The van der Waals surface area contributed by atoms with E-state index in [1.54, 1.807) is 6.08 Å². The van der Waals surface area contributed by atoms with E-state index in [-0.39, 0.29) is 18.9 Å². The molecule has 0 amide bonds. The van der Waals surface area contributed by atoms with Crippen molar-refractivity contribution in [3.05, 3.63) is 12.7 Å². The van der Waals surface area contributed by atoms with Gasteiger partial charge in [0, 0.05) is 6.61 Å².